The van der Waals surface area contributed by atoms with Crippen LogP contribution in [0.5, 0.6) is 0 Å². The first-order valence-corrected chi connectivity index (χ1v) is 10.6. The molecular formula is C22H35Cl2N3O2. The van der Waals surface area contributed by atoms with Crippen molar-refractivity contribution in [3.05, 3.63) is 35.9 Å². The predicted molar refractivity (Wildman–Crippen MR) is 121 cm³/mol. The molecular weight excluding hydrogens is 409 g/mol. The number of aliphatic hydroxyl groups is 1. The summed E-state index contributed by atoms with van der Waals surface area (Å²) in [6.45, 7) is 4.37. The lowest BCUT2D eigenvalue weighted by atomic mass is 9.71. The number of hydrogen-bond donors (Lipinski definition) is 2. The maximum atomic E-state index is 12.8. The number of hydrogen-bond acceptors (Lipinski definition) is 4. The summed E-state index contributed by atoms with van der Waals surface area (Å²) in [4.78, 5) is 17.6. The third kappa shape index (κ3) is 5.08. The molecule has 5 nitrogen and oxygen atoms in total. The number of aliphatic hydroxyl groups excluding tert-OH is 1. The van der Waals surface area contributed by atoms with Crippen molar-refractivity contribution in [3.63, 3.8) is 0 Å². The summed E-state index contributed by atoms with van der Waals surface area (Å²) < 4.78 is 0. The van der Waals surface area contributed by atoms with E-state index < -0.39 is 12.1 Å². The SMILES string of the molecule is C[C@@H](O)[C@H](N)C(=O)N1C[C@H]2C[C@@H](C1)[C@H](Cc1ccccc1)N1CCCC[C@@H]21.Cl.Cl. The molecule has 1 aromatic rings. The molecule has 0 radical (unpaired) electrons. The largest absolute Gasteiger partial charge is 0.391 e. The third-order valence-electron chi connectivity index (χ3n) is 7.03. The van der Waals surface area contributed by atoms with Crippen molar-refractivity contribution in [2.24, 2.45) is 17.6 Å². The Bertz CT molecular complexity index is 661. The average Bonchev–Trinajstić information content (AvgIpc) is 2.70. The van der Waals surface area contributed by atoms with E-state index in [0.717, 1.165) is 19.5 Å². The fraction of sp³-hybridized carbons (Fsp3) is 0.682. The molecule has 1 amide bonds. The van der Waals surface area contributed by atoms with Crippen molar-refractivity contribution in [1.29, 1.82) is 0 Å². The first kappa shape index (κ1) is 24.4. The zero-order chi connectivity index (χ0) is 19.0. The maximum Gasteiger partial charge on any atom is 0.242 e. The molecule has 0 aromatic heterocycles. The molecule has 0 unspecified atom stereocenters. The van der Waals surface area contributed by atoms with Gasteiger partial charge in [-0.3, -0.25) is 9.69 Å². The fourth-order valence-corrected chi connectivity index (χ4v) is 5.64. The molecule has 0 saturated carbocycles. The van der Waals surface area contributed by atoms with Gasteiger partial charge >= 0.3 is 0 Å². The number of piperidine rings is 3. The highest BCUT2D eigenvalue weighted by atomic mass is 35.5. The average molecular weight is 444 g/mol. The molecule has 1 aromatic carbocycles. The van der Waals surface area contributed by atoms with E-state index in [1.165, 1.54) is 37.8 Å². The molecule has 29 heavy (non-hydrogen) atoms. The second-order valence-electron chi connectivity index (χ2n) is 8.82. The summed E-state index contributed by atoms with van der Waals surface area (Å²) >= 11 is 0. The van der Waals surface area contributed by atoms with Gasteiger partial charge in [-0.05, 0) is 56.6 Å². The number of carbonyl (C=O) groups is 1. The summed E-state index contributed by atoms with van der Waals surface area (Å²) in [5.74, 6) is 0.951. The van der Waals surface area contributed by atoms with Crippen LogP contribution in [-0.4, -0.2) is 64.7 Å². The second kappa shape index (κ2) is 10.5. The number of nitrogens with two attached hydrogens (primary N) is 1. The molecule has 6 atom stereocenters. The first-order chi connectivity index (χ1) is 13.0. The van der Waals surface area contributed by atoms with E-state index in [1.807, 2.05) is 4.90 Å². The van der Waals surface area contributed by atoms with Gasteiger partial charge in [0.15, 0.2) is 0 Å². The van der Waals surface area contributed by atoms with Crippen LogP contribution in [0.3, 0.4) is 0 Å². The van der Waals surface area contributed by atoms with Crippen molar-refractivity contribution in [2.75, 3.05) is 19.6 Å². The minimum Gasteiger partial charge on any atom is -0.391 e. The van der Waals surface area contributed by atoms with E-state index in [4.69, 9.17) is 5.73 Å². The van der Waals surface area contributed by atoms with Crippen LogP contribution in [0.25, 0.3) is 0 Å². The van der Waals surface area contributed by atoms with E-state index in [-0.39, 0.29) is 30.7 Å². The summed E-state index contributed by atoms with van der Waals surface area (Å²) in [5, 5.41) is 9.78. The molecule has 2 bridgehead atoms. The van der Waals surface area contributed by atoms with Crippen molar-refractivity contribution in [3.8, 4) is 0 Å². The quantitative estimate of drug-likeness (QED) is 0.749. The first-order valence-electron chi connectivity index (χ1n) is 10.6. The molecule has 164 valence electrons. The van der Waals surface area contributed by atoms with E-state index in [2.05, 4.69) is 35.2 Å². The van der Waals surface area contributed by atoms with Gasteiger partial charge in [0.25, 0.3) is 0 Å². The van der Waals surface area contributed by atoms with E-state index in [9.17, 15) is 9.90 Å². The predicted octanol–water partition coefficient (Wildman–Crippen LogP) is 2.48. The van der Waals surface area contributed by atoms with Crippen molar-refractivity contribution >= 4 is 30.7 Å². The number of fused-ring (bicyclic) bond motifs is 4. The Morgan fingerprint density at radius 3 is 2.55 bits per heavy atom. The van der Waals surface area contributed by atoms with Gasteiger partial charge in [0, 0.05) is 25.2 Å². The van der Waals surface area contributed by atoms with Gasteiger partial charge in [0.05, 0.1) is 6.10 Å². The highest BCUT2D eigenvalue weighted by Gasteiger charge is 2.48. The van der Waals surface area contributed by atoms with E-state index in [1.54, 1.807) is 6.92 Å². The molecule has 3 heterocycles. The van der Waals surface area contributed by atoms with Gasteiger partial charge in [-0.25, -0.2) is 0 Å². The zero-order valence-electron chi connectivity index (χ0n) is 17.2. The normalized spacial score (nSPS) is 30.9. The van der Waals surface area contributed by atoms with Crippen LogP contribution in [-0.2, 0) is 11.2 Å². The molecule has 0 aliphatic carbocycles. The van der Waals surface area contributed by atoms with Crippen LogP contribution < -0.4 is 5.73 Å². The van der Waals surface area contributed by atoms with E-state index in [0.29, 0.717) is 23.9 Å². The Labute approximate surface area is 186 Å². The van der Waals surface area contributed by atoms with E-state index >= 15 is 0 Å². The highest BCUT2D eigenvalue weighted by Crippen LogP contribution is 2.42. The van der Waals surface area contributed by atoms with Crippen LogP contribution in [0, 0.1) is 11.8 Å². The Kier molecular flexibility index (Phi) is 8.80. The van der Waals surface area contributed by atoms with Crippen molar-refractivity contribution in [2.45, 2.75) is 63.3 Å². The minimum absolute atomic E-state index is 0. The van der Waals surface area contributed by atoms with Crippen LogP contribution >= 0.6 is 24.8 Å². The number of carbonyl (C=O) groups excluding carboxylic acids is 1. The lowest BCUT2D eigenvalue weighted by Gasteiger charge is -2.57. The van der Waals surface area contributed by atoms with Gasteiger partial charge in [-0.1, -0.05) is 36.8 Å². The number of halogens is 2. The van der Waals surface area contributed by atoms with Gasteiger partial charge in [0.1, 0.15) is 6.04 Å². The van der Waals surface area contributed by atoms with Gasteiger partial charge in [0.2, 0.25) is 5.91 Å². The van der Waals surface area contributed by atoms with Crippen molar-refractivity contribution in [1.82, 2.24) is 9.80 Å². The lowest BCUT2D eigenvalue weighted by Crippen LogP contribution is -2.66. The zero-order valence-corrected chi connectivity index (χ0v) is 18.8. The van der Waals surface area contributed by atoms with Crippen LogP contribution in [0.4, 0.5) is 0 Å². The van der Waals surface area contributed by atoms with Crippen LogP contribution in [0.1, 0.15) is 38.2 Å². The summed E-state index contributed by atoms with van der Waals surface area (Å²) in [7, 11) is 0. The van der Waals surface area contributed by atoms with Gasteiger partial charge in [-0.2, -0.15) is 0 Å². The standard InChI is InChI=1S/C22H33N3O2.2ClH/c1-15(26)21(23)22(27)24-13-17-12-18(14-24)20(11-16-7-3-2-4-8-16)25-10-6-5-9-19(17)25;;/h2-4,7-8,15,17-21,26H,5-6,9-14,23H2,1H3;2*1H/t15-,17-,18+,19+,20+,21+;;/m1../s1. The van der Waals surface area contributed by atoms with Gasteiger partial charge in [-0.15, -0.1) is 24.8 Å². The molecule has 3 aliphatic heterocycles. The highest BCUT2D eigenvalue weighted by molar-refractivity contribution is 5.85. The molecule has 4 rings (SSSR count). The molecule has 3 saturated heterocycles. The maximum absolute atomic E-state index is 12.8. The Hall–Kier alpha value is -0.850. The van der Waals surface area contributed by atoms with Crippen LogP contribution in [0.2, 0.25) is 0 Å². The fourth-order valence-electron chi connectivity index (χ4n) is 5.64. The number of amides is 1. The molecule has 0 spiro atoms. The lowest BCUT2D eigenvalue weighted by molar-refractivity contribution is -0.144. The summed E-state index contributed by atoms with van der Waals surface area (Å²) in [6, 6.07) is 11.0. The molecule has 3 fully saturated rings. The number of rotatable bonds is 4. The smallest absolute Gasteiger partial charge is 0.242 e. The monoisotopic (exact) mass is 443 g/mol. The number of nitrogens with zero attached hydrogens (tertiary/aromatic N) is 2. The summed E-state index contributed by atoms with van der Waals surface area (Å²) in [5.41, 5.74) is 7.36. The molecule has 3 N–H and O–H groups in total. The van der Waals surface area contributed by atoms with Crippen LogP contribution in [0.15, 0.2) is 30.3 Å². The van der Waals surface area contributed by atoms with Gasteiger partial charge < -0.3 is 15.7 Å². The summed E-state index contributed by atoms with van der Waals surface area (Å²) in [6.07, 6.45) is 5.29. The minimum atomic E-state index is -0.807. The Balaban J connectivity index is 0.00000150. The Morgan fingerprint density at radius 1 is 1.17 bits per heavy atom. The number of likely N-dealkylation sites (tertiary alicyclic amines) is 1. The second-order valence-corrected chi connectivity index (χ2v) is 8.82. The Morgan fingerprint density at radius 2 is 1.86 bits per heavy atom. The number of benzene rings is 1. The molecule has 3 aliphatic rings. The van der Waals surface area contributed by atoms with Crippen molar-refractivity contribution < 1.29 is 9.90 Å². The third-order valence-corrected chi connectivity index (χ3v) is 7.03. The topological polar surface area (TPSA) is 69.8 Å². The molecule has 7 heteroatoms.